The summed E-state index contributed by atoms with van der Waals surface area (Å²) in [6.07, 6.45) is -0.383. The monoisotopic (exact) mass is 400 g/mol. The average Bonchev–Trinajstić information content (AvgIpc) is 3.20. The van der Waals surface area contributed by atoms with Crippen molar-refractivity contribution in [2.45, 2.75) is 0 Å². The molecule has 1 saturated heterocycles. The fourth-order valence-corrected chi connectivity index (χ4v) is 3.08. The molecule has 0 saturated carbocycles. The van der Waals surface area contributed by atoms with Gasteiger partial charge in [0.05, 0.1) is 6.54 Å². The van der Waals surface area contributed by atoms with Gasteiger partial charge in [-0.3, -0.25) is 9.69 Å². The molecule has 2 aromatic carbocycles. The number of cyclic esters (lactones) is 1. The lowest BCUT2D eigenvalue weighted by atomic mass is 10.2. The normalized spacial score (nSPS) is 14.0. The van der Waals surface area contributed by atoms with Gasteiger partial charge in [0.2, 0.25) is 0 Å². The summed E-state index contributed by atoms with van der Waals surface area (Å²) in [4.78, 5) is 25.6. The van der Waals surface area contributed by atoms with Crippen LogP contribution >= 0.6 is 15.9 Å². The first-order chi connectivity index (χ1) is 12.1. The van der Waals surface area contributed by atoms with E-state index in [-0.39, 0.29) is 17.8 Å². The second-order valence-corrected chi connectivity index (χ2v) is 6.48. The second-order valence-electron chi connectivity index (χ2n) is 5.56. The van der Waals surface area contributed by atoms with E-state index in [9.17, 15) is 9.59 Å². The van der Waals surface area contributed by atoms with Crippen LogP contribution in [0.1, 0.15) is 10.6 Å². The zero-order chi connectivity index (χ0) is 17.4. The number of halogens is 1. The van der Waals surface area contributed by atoms with Gasteiger partial charge in [-0.05, 0) is 42.5 Å². The Morgan fingerprint density at radius 2 is 2.04 bits per heavy atom. The van der Waals surface area contributed by atoms with E-state index < -0.39 is 0 Å². The fourth-order valence-electron chi connectivity index (χ4n) is 2.70. The molecular formula is C18H13BrN2O4. The predicted molar refractivity (Wildman–Crippen MR) is 97.0 cm³/mol. The fraction of sp³-hybridized carbons (Fsp3) is 0.111. The largest absolute Gasteiger partial charge is 0.451 e. The second kappa shape index (κ2) is 6.25. The summed E-state index contributed by atoms with van der Waals surface area (Å²) >= 11 is 3.39. The molecule has 0 spiro atoms. The van der Waals surface area contributed by atoms with Crippen molar-refractivity contribution in [1.82, 2.24) is 0 Å². The number of furan rings is 1. The zero-order valence-electron chi connectivity index (χ0n) is 13.0. The summed E-state index contributed by atoms with van der Waals surface area (Å²) < 4.78 is 11.4. The molecule has 6 nitrogen and oxygen atoms in total. The van der Waals surface area contributed by atoms with Gasteiger partial charge >= 0.3 is 6.09 Å². The van der Waals surface area contributed by atoms with E-state index in [1.807, 2.05) is 12.1 Å². The number of nitrogens with one attached hydrogen (secondary N) is 1. The van der Waals surface area contributed by atoms with Crippen LogP contribution in [0.4, 0.5) is 16.2 Å². The smallest absolute Gasteiger partial charge is 0.414 e. The topological polar surface area (TPSA) is 71.8 Å². The quantitative estimate of drug-likeness (QED) is 0.706. The number of rotatable bonds is 3. The lowest BCUT2D eigenvalue weighted by molar-refractivity contribution is 0.0998. The third kappa shape index (κ3) is 3.10. The Labute approximate surface area is 151 Å². The number of anilines is 2. The van der Waals surface area contributed by atoms with Gasteiger partial charge < -0.3 is 14.5 Å². The van der Waals surface area contributed by atoms with Crippen molar-refractivity contribution < 1.29 is 18.7 Å². The first kappa shape index (κ1) is 15.7. The van der Waals surface area contributed by atoms with Gasteiger partial charge in [-0.25, -0.2) is 4.79 Å². The number of amides is 2. The molecule has 2 heterocycles. The van der Waals surface area contributed by atoms with Gasteiger partial charge in [-0.1, -0.05) is 22.0 Å². The number of ether oxygens (including phenoxy) is 1. The van der Waals surface area contributed by atoms with Crippen LogP contribution in [-0.4, -0.2) is 25.2 Å². The maximum atomic E-state index is 12.4. The van der Waals surface area contributed by atoms with Crippen molar-refractivity contribution in [3.05, 3.63) is 58.8 Å². The van der Waals surface area contributed by atoms with Crippen LogP contribution < -0.4 is 10.2 Å². The Morgan fingerprint density at radius 3 is 2.84 bits per heavy atom. The van der Waals surface area contributed by atoms with Gasteiger partial charge in [0, 0.05) is 21.2 Å². The maximum Gasteiger partial charge on any atom is 0.414 e. The molecule has 0 unspecified atom stereocenters. The molecule has 1 fully saturated rings. The molecule has 25 heavy (non-hydrogen) atoms. The Morgan fingerprint density at radius 1 is 1.16 bits per heavy atom. The van der Waals surface area contributed by atoms with Crippen molar-refractivity contribution in [2.24, 2.45) is 0 Å². The number of fused-ring (bicyclic) bond motifs is 1. The summed E-state index contributed by atoms with van der Waals surface area (Å²) in [5.74, 6) is -0.132. The van der Waals surface area contributed by atoms with Gasteiger partial charge in [0.1, 0.15) is 12.2 Å². The van der Waals surface area contributed by atoms with Crippen LogP contribution in [0.3, 0.4) is 0 Å². The van der Waals surface area contributed by atoms with E-state index in [0.717, 1.165) is 9.86 Å². The molecule has 0 aliphatic carbocycles. The van der Waals surface area contributed by atoms with Gasteiger partial charge in [-0.15, -0.1) is 0 Å². The molecule has 1 aliphatic rings. The highest BCUT2D eigenvalue weighted by atomic mass is 79.9. The summed E-state index contributed by atoms with van der Waals surface area (Å²) in [5.41, 5.74) is 1.89. The Balaban J connectivity index is 1.56. The summed E-state index contributed by atoms with van der Waals surface area (Å²) in [5, 5.41) is 3.63. The summed E-state index contributed by atoms with van der Waals surface area (Å²) in [7, 11) is 0. The van der Waals surface area contributed by atoms with Crippen LogP contribution in [0.15, 0.2) is 57.4 Å². The van der Waals surface area contributed by atoms with E-state index in [1.165, 1.54) is 4.90 Å². The molecular weight excluding hydrogens is 388 g/mol. The Bertz CT molecular complexity index is 982. The minimum Gasteiger partial charge on any atom is -0.451 e. The summed E-state index contributed by atoms with van der Waals surface area (Å²) in [6, 6.07) is 14.3. The van der Waals surface area contributed by atoms with Crippen LogP contribution in [0.5, 0.6) is 0 Å². The summed E-state index contributed by atoms with van der Waals surface area (Å²) in [6.45, 7) is 0.860. The molecule has 1 N–H and O–H groups in total. The van der Waals surface area contributed by atoms with Crippen molar-refractivity contribution >= 4 is 50.3 Å². The van der Waals surface area contributed by atoms with E-state index in [4.69, 9.17) is 9.15 Å². The lowest BCUT2D eigenvalue weighted by Crippen LogP contribution is -2.23. The predicted octanol–water partition coefficient (Wildman–Crippen LogP) is 4.40. The van der Waals surface area contributed by atoms with E-state index in [0.29, 0.717) is 30.1 Å². The van der Waals surface area contributed by atoms with Crippen LogP contribution in [-0.2, 0) is 4.74 Å². The highest BCUT2D eigenvalue weighted by Crippen LogP contribution is 2.25. The maximum absolute atomic E-state index is 12.4. The molecule has 1 aromatic heterocycles. The van der Waals surface area contributed by atoms with E-state index in [2.05, 4.69) is 21.2 Å². The Kier molecular flexibility index (Phi) is 3.93. The third-order valence-electron chi connectivity index (χ3n) is 3.88. The molecule has 2 amide bonds. The van der Waals surface area contributed by atoms with Crippen LogP contribution in [0, 0.1) is 0 Å². The lowest BCUT2D eigenvalue weighted by Gasteiger charge is -2.13. The van der Waals surface area contributed by atoms with Crippen LogP contribution in [0.2, 0.25) is 0 Å². The number of hydrogen-bond donors (Lipinski definition) is 1. The molecule has 126 valence electrons. The number of nitrogens with zero attached hydrogens (tertiary/aromatic N) is 1. The SMILES string of the molecule is O=C(Nc1cccc(N2CCOC2=O)c1)c1cc2cc(Br)ccc2o1. The standard InChI is InChI=1S/C18H13BrN2O4/c19-12-4-5-15-11(8-12)9-16(25-15)17(22)20-13-2-1-3-14(10-13)21-6-7-24-18(21)23/h1-5,8-10H,6-7H2,(H,20,22). The minimum atomic E-state index is -0.383. The molecule has 0 atom stereocenters. The number of benzene rings is 2. The molecule has 4 rings (SSSR count). The highest BCUT2D eigenvalue weighted by Gasteiger charge is 2.23. The van der Waals surface area contributed by atoms with E-state index in [1.54, 1.807) is 36.4 Å². The van der Waals surface area contributed by atoms with E-state index >= 15 is 0 Å². The number of carbonyl (C=O) groups is 2. The van der Waals surface area contributed by atoms with Crippen LogP contribution in [0.25, 0.3) is 11.0 Å². The molecule has 0 bridgehead atoms. The zero-order valence-corrected chi connectivity index (χ0v) is 14.6. The van der Waals surface area contributed by atoms with Gasteiger partial charge in [0.25, 0.3) is 5.91 Å². The number of carbonyl (C=O) groups excluding carboxylic acids is 2. The van der Waals surface area contributed by atoms with Crippen molar-refractivity contribution in [3.8, 4) is 0 Å². The van der Waals surface area contributed by atoms with Gasteiger partial charge in [0.15, 0.2) is 5.76 Å². The highest BCUT2D eigenvalue weighted by molar-refractivity contribution is 9.10. The molecule has 0 radical (unpaired) electrons. The van der Waals surface area contributed by atoms with Gasteiger partial charge in [-0.2, -0.15) is 0 Å². The van der Waals surface area contributed by atoms with Crippen molar-refractivity contribution in [1.29, 1.82) is 0 Å². The first-order valence-electron chi connectivity index (χ1n) is 7.65. The minimum absolute atomic E-state index is 0.221. The third-order valence-corrected chi connectivity index (χ3v) is 4.37. The van der Waals surface area contributed by atoms with Crippen molar-refractivity contribution in [3.63, 3.8) is 0 Å². The Hall–Kier alpha value is -2.80. The van der Waals surface area contributed by atoms with Crippen molar-refractivity contribution in [2.75, 3.05) is 23.4 Å². The molecule has 7 heteroatoms. The molecule has 3 aromatic rings. The number of hydrogen-bond acceptors (Lipinski definition) is 4. The first-order valence-corrected chi connectivity index (χ1v) is 8.44. The molecule has 1 aliphatic heterocycles. The average molecular weight is 401 g/mol.